The lowest BCUT2D eigenvalue weighted by molar-refractivity contribution is -0.149. The molecule has 0 radical (unpaired) electrons. The minimum atomic E-state index is -1.07. The number of rotatable bonds is 7. The van der Waals surface area contributed by atoms with E-state index in [1.807, 2.05) is 0 Å². The Hall–Kier alpha value is -3.03. The molecule has 0 aliphatic rings. The van der Waals surface area contributed by atoms with Gasteiger partial charge in [-0.3, -0.25) is 0 Å². The molecule has 2 rings (SSSR count). The van der Waals surface area contributed by atoms with Gasteiger partial charge in [0.05, 0.1) is 34.5 Å². The largest absolute Gasteiger partial charge is 0.497 e. The van der Waals surface area contributed by atoms with Crippen molar-refractivity contribution < 1.29 is 28.5 Å². The molecule has 8 heteroatoms. The molecule has 1 aromatic heterocycles. The summed E-state index contributed by atoms with van der Waals surface area (Å²) in [4.78, 5) is 20.2. The first kappa shape index (κ1) is 17.3. The fourth-order valence-corrected chi connectivity index (χ4v) is 1.91. The Morgan fingerprint density at radius 2 is 1.62 bits per heavy atom. The van der Waals surface area contributed by atoms with E-state index in [1.165, 1.54) is 34.5 Å². The molecule has 24 heavy (non-hydrogen) atoms. The summed E-state index contributed by atoms with van der Waals surface area (Å²) in [5, 5.41) is 0. The fourth-order valence-electron chi connectivity index (χ4n) is 1.91. The van der Waals surface area contributed by atoms with Gasteiger partial charge in [0.25, 0.3) is 0 Å². The third kappa shape index (κ3) is 4.03. The van der Waals surface area contributed by atoms with Gasteiger partial charge >= 0.3 is 12.0 Å². The average Bonchev–Trinajstić information content (AvgIpc) is 2.65. The maximum atomic E-state index is 12.1. The average molecular weight is 334 g/mol. The van der Waals surface area contributed by atoms with E-state index in [4.69, 9.17) is 23.7 Å². The van der Waals surface area contributed by atoms with Gasteiger partial charge in [0.15, 0.2) is 0 Å². The van der Waals surface area contributed by atoms with Gasteiger partial charge in [0, 0.05) is 5.56 Å². The van der Waals surface area contributed by atoms with Crippen molar-refractivity contribution in [1.29, 1.82) is 0 Å². The lowest BCUT2D eigenvalue weighted by Gasteiger charge is -2.17. The van der Waals surface area contributed by atoms with Gasteiger partial charge in [-0.1, -0.05) is 12.1 Å². The number of carbonyl (C=O) groups excluding carboxylic acids is 1. The Morgan fingerprint density at radius 1 is 0.958 bits per heavy atom. The van der Waals surface area contributed by atoms with Crippen molar-refractivity contribution in [1.82, 2.24) is 9.97 Å². The number of nitrogens with zero attached hydrogens (tertiary/aromatic N) is 2. The molecular weight excluding hydrogens is 316 g/mol. The smallest absolute Gasteiger partial charge is 0.351 e. The lowest BCUT2D eigenvalue weighted by Crippen LogP contribution is -2.21. The van der Waals surface area contributed by atoms with Gasteiger partial charge < -0.3 is 23.7 Å². The van der Waals surface area contributed by atoms with E-state index < -0.39 is 12.1 Å². The van der Waals surface area contributed by atoms with Crippen LogP contribution in [0.25, 0.3) is 0 Å². The van der Waals surface area contributed by atoms with Crippen LogP contribution in [0.1, 0.15) is 11.7 Å². The Balaban J connectivity index is 2.37. The van der Waals surface area contributed by atoms with Crippen LogP contribution in [-0.2, 0) is 9.53 Å². The van der Waals surface area contributed by atoms with Crippen LogP contribution in [0.3, 0.4) is 0 Å². The van der Waals surface area contributed by atoms with Crippen LogP contribution in [0.4, 0.5) is 0 Å². The van der Waals surface area contributed by atoms with Gasteiger partial charge in [0.2, 0.25) is 17.9 Å². The molecule has 0 aliphatic carbocycles. The molecule has 8 nitrogen and oxygen atoms in total. The summed E-state index contributed by atoms with van der Waals surface area (Å²) in [6.07, 6.45) is -1.07. The first-order chi connectivity index (χ1) is 11.6. The SMILES string of the molecule is COC(=O)C(Oc1nc(OC)cc(OC)n1)c1cccc(OC)c1. The first-order valence-corrected chi connectivity index (χ1v) is 6.96. The molecule has 0 bridgehead atoms. The van der Waals surface area contributed by atoms with Crippen molar-refractivity contribution in [2.24, 2.45) is 0 Å². The second-order valence-corrected chi connectivity index (χ2v) is 4.53. The zero-order chi connectivity index (χ0) is 17.5. The van der Waals surface area contributed by atoms with Crippen molar-refractivity contribution >= 4 is 5.97 Å². The summed E-state index contributed by atoms with van der Waals surface area (Å²) >= 11 is 0. The van der Waals surface area contributed by atoms with E-state index in [2.05, 4.69) is 9.97 Å². The normalized spacial score (nSPS) is 11.3. The van der Waals surface area contributed by atoms with Crippen molar-refractivity contribution in [2.75, 3.05) is 28.4 Å². The summed E-state index contributed by atoms with van der Waals surface area (Å²) in [5.41, 5.74) is 0.534. The summed E-state index contributed by atoms with van der Waals surface area (Å²) in [7, 11) is 5.70. The Labute approximate surface area is 139 Å². The maximum absolute atomic E-state index is 12.1. The monoisotopic (exact) mass is 334 g/mol. The van der Waals surface area contributed by atoms with E-state index in [1.54, 1.807) is 24.3 Å². The molecule has 1 aromatic carbocycles. The highest BCUT2D eigenvalue weighted by atomic mass is 16.6. The molecule has 0 fully saturated rings. The topological polar surface area (TPSA) is 89.0 Å². The number of esters is 1. The molecule has 1 unspecified atom stereocenters. The van der Waals surface area contributed by atoms with Gasteiger partial charge in [-0.2, -0.15) is 9.97 Å². The highest BCUT2D eigenvalue weighted by Crippen LogP contribution is 2.26. The summed E-state index contributed by atoms with van der Waals surface area (Å²) in [6, 6.07) is 8.28. The number of hydrogen-bond donors (Lipinski definition) is 0. The molecule has 0 spiro atoms. The van der Waals surface area contributed by atoms with E-state index in [0.717, 1.165) is 0 Å². The summed E-state index contributed by atoms with van der Waals surface area (Å²) in [5.74, 6) is 0.458. The maximum Gasteiger partial charge on any atom is 0.351 e. The number of ether oxygens (including phenoxy) is 5. The van der Waals surface area contributed by atoms with Crippen LogP contribution < -0.4 is 18.9 Å². The Kier molecular flexibility index (Phi) is 5.78. The molecule has 0 amide bonds. The predicted molar refractivity (Wildman–Crippen MR) is 83.5 cm³/mol. The third-order valence-electron chi connectivity index (χ3n) is 3.11. The van der Waals surface area contributed by atoms with Gasteiger partial charge in [-0.15, -0.1) is 0 Å². The van der Waals surface area contributed by atoms with Crippen molar-refractivity contribution in [2.45, 2.75) is 6.10 Å². The van der Waals surface area contributed by atoms with Crippen LogP contribution >= 0.6 is 0 Å². The van der Waals surface area contributed by atoms with Crippen LogP contribution in [0.5, 0.6) is 23.5 Å². The van der Waals surface area contributed by atoms with E-state index in [-0.39, 0.29) is 17.8 Å². The lowest BCUT2D eigenvalue weighted by atomic mass is 10.1. The van der Waals surface area contributed by atoms with Gasteiger partial charge in [0.1, 0.15) is 5.75 Å². The second-order valence-electron chi connectivity index (χ2n) is 4.53. The highest BCUT2D eigenvalue weighted by molar-refractivity contribution is 5.77. The minimum Gasteiger partial charge on any atom is -0.497 e. The van der Waals surface area contributed by atoms with Crippen molar-refractivity contribution in [3.63, 3.8) is 0 Å². The third-order valence-corrected chi connectivity index (χ3v) is 3.11. The van der Waals surface area contributed by atoms with Gasteiger partial charge in [-0.05, 0) is 12.1 Å². The van der Waals surface area contributed by atoms with Crippen LogP contribution in [0.2, 0.25) is 0 Å². The molecule has 0 aliphatic heterocycles. The Morgan fingerprint density at radius 3 is 2.17 bits per heavy atom. The zero-order valence-corrected chi connectivity index (χ0v) is 13.8. The molecule has 0 saturated carbocycles. The van der Waals surface area contributed by atoms with E-state index in [0.29, 0.717) is 11.3 Å². The van der Waals surface area contributed by atoms with E-state index >= 15 is 0 Å². The van der Waals surface area contributed by atoms with Crippen molar-refractivity contribution in [3.05, 3.63) is 35.9 Å². The summed E-state index contributed by atoms with van der Waals surface area (Å²) < 4.78 is 25.7. The number of hydrogen-bond acceptors (Lipinski definition) is 8. The highest BCUT2D eigenvalue weighted by Gasteiger charge is 2.26. The Bertz CT molecular complexity index is 684. The molecular formula is C16H18N2O6. The zero-order valence-electron chi connectivity index (χ0n) is 13.8. The molecule has 0 N–H and O–H groups in total. The van der Waals surface area contributed by atoms with E-state index in [9.17, 15) is 4.79 Å². The number of benzene rings is 1. The van der Waals surface area contributed by atoms with Crippen LogP contribution in [0.15, 0.2) is 30.3 Å². The quantitative estimate of drug-likeness (QED) is 0.708. The number of aromatic nitrogens is 2. The first-order valence-electron chi connectivity index (χ1n) is 6.96. The molecule has 128 valence electrons. The van der Waals surface area contributed by atoms with Crippen molar-refractivity contribution in [3.8, 4) is 23.5 Å². The predicted octanol–water partition coefficient (Wildman–Crippen LogP) is 1.80. The van der Waals surface area contributed by atoms with Crippen LogP contribution in [-0.4, -0.2) is 44.4 Å². The molecule has 1 atom stereocenters. The van der Waals surface area contributed by atoms with Gasteiger partial charge in [-0.25, -0.2) is 4.79 Å². The van der Waals surface area contributed by atoms with Crippen LogP contribution in [0, 0.1) is 0 Å². The molecule has 1 heterocycles. The minimum absolute atomic E-state index is 0.0792. The molecule has 0 saturated heterocycles. The summed E-state index contributed by atoms with van der Waals surface area (Å²) in [6.45, 7) is 0. The second kappa shape index (κ2) is 8.00. The standard InChI is InChI=1S/C16H18N2O6/c1-20-11-7-5-6-10(8-11)14(15(19)23-4)24-16-17-12(21-2)9-13(18-16)22-3/h5-9,14H,1-4H3. The number of carbonyl (C=O) groups is 1. The molecule has 2 aromatic rings. The fraction of sp³-hybridized carbons (Fsp3) is 0.312. The number of methoxy groups -OCH3 is 4.